The van der Waals surface area contributed by atoms with E-state index in [1.807, 2.05) is 77.4 Å². The van der Waals surface area contributed by atoms with Crippen molar-refractivity contribution in [2.45, 2.75) is 147 Å². The average molecular weight is 753 g/mol. The normalized spacial score (nSPS) is 19.6. The van der Waals surface area contributed by atoms with E-state index in [1.54, 1.807) is 0 Å². The molecule has 4 aromatic rings. The number of imidazole rings is 1. The van der Waals surface area contributed by atoms with Crippen LogP contribution in [0.3, 0.4) is 0 Å². The second-order valence-electron chi connectivity index (χ2n) is 15.9. The van der Waals surface area contributed by atoms with E-state index in [2.05, 4.69) is 22.1 Å². The molecule has 1 aromatic heterocycles. The summed E-state index contributed by atoms with van der Waals surface area (Å²) in [4.78, 5) is 31.3. The second-order valence-corrected chi connectivity index (χ2v) is 15.9. The van der Waals surface area contributed by atoms with Crippen molar-refractivity contribution in [3.63, 3.8) is 0 Å². The Morgan fingerprint density at radius 2 is 1.47 bits per heavy atom. The maximum Gasteiger partial charge on any atom is 0.326 e. The van der Waals surface area contributed by atoms with Crippen LogP contribution in [0.2, 0.25) is 0 Å². The van der Waals surface area contributed by atoms with Gasteiger partial charge in [-0.15, -0.1) is 0 Å². The molecule has 0 spiro atoms. The number of H-pyrrole nitrogens is 1. The predicted molar refractivity (Wildman–Crippen MR) is 221 cm³/mol. The highest BCUT2D eigenvalue weighted by Gasteiger charge is 2.34. The number of nitrogens with one attached hydrogen (secondary N) is 2. The number of aromatic nitrogens is 2. The summed E-state index contributed by atoms with van der Waals surface area (Å²) in [7, 11) is 0. The number of ether oxygens (including phenoxy) is 2. The van der Waals surface area contributed by atoms with Crippen molar-refractivity contribution in [1.29, 1.82) is 0 Å². The molecule has 2 fully saturated rings. The largest absolute Gasteiger partial charge is 0.392 e. The number of unbranched alkanes of at least 4 members (excludes halogenated alkanes) is 12. The molecule has 0 bridgehead atoms. The first-order valence-corrected chi connectivity index (χ1v) is 21.3. The number of hydrogen-bond donors (Lipinski definition) is 3. The number of piperidine rings is 1. The van der Waals surface area contributed by atoms with Crippen LogP contribution in [-0.2, 0) is 20.9 Å². The number of rotatable bonds is 21. The number of benzene rings is 3. The van der Waals surface area contributed by atoms with Gasteiger partial charge in [0.1, 0.15) is 0 Å². The van der Waals surface area contributed by atoms with Gasteiger partial charge in [-0.2, -0.15) is 0 Å². The van der Waals surface area contributed by atoms with Gasteiger partial charge in [0.15, 0.2) is 6.29 Å². The van der Waals surface area contributed by atoms with Gasteiger partial charge in [-0.05, 0) is 54.7 Å². The molecule has 298 valence electrons. The fraction of sp³-hybridized carbons (Fsp3) is 0.565. The Morgan fingerprint density at radius 1 is 0.800 bits per heavy atom. The molecule has 2 aliphatic heterocycles. The zero-order valence-corrected chi connectivity index (χ0v) is 33.1. The van der Waals surface area contributed by atoms with E-state index in [0.717, 1.165) is 78.7 Å². The summed E-state index contributed by atoms with van der Waals surface area (Å²) in [5.74, 6) is 0.0451. The van der Waals surface area contributed by atoms with Gasteiger partial charge in [-0.3, -0.25) is 9.36 Å². The maximum absolute atomic E-state index is 12.9. The highest BCUT2D eigenvalue weighted by Crippen LogP contribution is 2.39. The van der Waals surface area contributed by atoms with Crippen molar-refractivity contribution in [3.8, 4) is 0 Å². The van der Waals surface area contributed by atoms with Crippen LogP contribution >= 0.6 is 0 Å². The summed E-state index contributed by atoms with van der Waals surface area (Å²) < 4.78 is 15.2. The number of para-hydroxylation sites is 2. The van der Waals surface area contributed by atoms with Crippen LogP contribution in [-0.4, -0.2) is 51.2 Å². The Bertz CT molecular complexity index is 1790. The summed E-state index contributed by atoms with van der Waals surface area (Å²) in [6.07, 6.45) is 18.9. The lowest BCUT2D eigenvalue weighted by molar-refractivity contribution is -0.253. The van der Waals surface area contributed by atoms with E-state index in [-0.39, 0.29) is 36.5 Å². The van der Waals surface area contributed by atoms with Crippen molar-refractivity contribution in [1.82, 2.24) is 14.5 Å². The molecule has 3 heterocycles. The Balaban J connectivity index is 0.990. The lowest BCUT2D eigenvalue weighted by Crippen LogP contribution is -2.43. The minimum Gasteiger partial charge on any atom is -0.392 e. The first-order valence-electron chi connectivity index (χ1n) is 21.3. The Kier molecular flexibility index (Phi) is 16.0. The Morgan fingerprint density at radius 3 is 2.16 bits per heavy atom. The summed E-state index contributed by atoms with van der Waals surface area (Å²) in [6, 6.07) is 23.9. The predicted octanol–water partition coefficient (Wildman–Crippen LogP) is 10.1. The van der Waals surface area contributed by atoms with Gasteiger partial charge >= 0.3 is 5.69 Å². The van der Waals surface area contributed by atoms with Gasteiger partial charge in [-0.1, -0.05) is 133 Å². The standard InChI is InChI=1S/C46H64N4O5/c1-2-3-4-5-6-7-8-9-10-11-12-13-14-22-44(52)47-38-19-17-18-37(31-38)45-54-40(32-43(55-45)36-25-23-35(34-51)24-26-36)33-49-29-27-39(28-30-49)50-42-21-16-15-20-41(42)48-46(50)53/h15-21,23-26,31,39-40,43,45,51H,2-14,22,27-30,32-34H2,1H3,(H,47,52)(H,48,53). The zero-order chi connectivity index (χ0) is 38.2. The molecular weight excluding hydrogens is 689 g/mol. The Hall–Kier alpha value is -3.76. The molecule has 1 amide bonds. The molecule has 3 N–H and O–H groups in total. The van der Waals surface area contributed by atoms with Crippen molar-refractivity contribution < 1.29 is 19.4 Å². The SMILES string of the molecule is CCCCCCCCCCCCCCCC(=O)Nc1cccc(C2OC(CN3CCC(n4c(=O)[nH]c5ccccc54)CC3)CC(c3ccc(CO)cc3)O2)c1. The van der Waals surface area contributed by atoms with Gasteiger partial charge < -0.3 is 29.8 Å². The molecule has 0 saturated carbocycles. The van der Waals surface area contributed by atoms with Crippen LogP contribution < -0.4 is 11.0 Å². The smallest absolute Gasteiger partial charge is 0.326 e. The molecule has 55 heavy (non-hydrogen) atoms. The number of carbonyl (C=O) groups excluding carboxylic acids is 1. The third-order valence-electron chi connectivity index (χ3n) is 11.6. The molecule has 0 aliphatic carbocycles. The number of aliphatic hydroxyl groups excluding tert-OH is 1. The monoisotopic (exact) mass is 752 g/mol. The topological polar surface area (TPSA) is 109 Å². The molecule has 3 aromatic carbocycles. The molecule has 2 saturated heterocycles. The molecule has 2 aliphatic rings. The van der Waals surface area contributed by atoms with Crippen LogP contribution in [0.25, 0.3) is 11.0 Å². The van der Waals surface area contributed by atoms with Gasteiger partial charge in [-0.25, -0.2) is 4.79 Å². The summed E-state index contributed by atoms with van der Waals surface area (Å²) in [5.41, 5.74) is 5.35. The second kappa shape index (κ2) is 21.5. The van der Waals surface area contributed by atoms with E-state index in [9.17, 15) is 14.7 Å². The fourth-order valence-corrected chi connectivity index (χ4v) is 8.41. The van der Waals surface area contributed by atoms with Crippen LogP contribution in [0.1, 0.15) is 151 Å². The minimum atomic E-state index is -0.596. The first-order chi connectivity index (χ1) is 27.0. The number of hydrogen-bond acceptors (Lipinski definition) is 6. The van der Waals surface area contributed by atoms with E-state index in [4.69, 9.17) is 9.47 Å². The summed E-state index contributed by atoms with van der Waals surface area (Å²) >= 11 is 0. The van der Waals surface area contributed by atoms with Gasteiger partial charge in [0, 0.05) is 49.8 Å². The highest BCUT2D eigenvalue weighted by atomic mass is 16.7. The van der Waals surface area contributed by atoms with Crippen molar-refractivity contribution in [3.05, 3.63) is 100.0 Å². The Labute approximate surface area is 327 Å². The highest BCUT2D eigenvalue weighted by molar-refractivity contribution is 5.90. The average Bonchev–Trinajstić information content (AvgIpc) is 3.55. The van der Waals surface area contributed by atoms with Gasteiger partial charge in [0.25, 0.3) is 0 Å². The van der Waals surface area contributed by atoms with Crippen LogP contribution in [0.15, 0.2) is 77.6 Å². The van der Waals surface area contributed by atoms with Gasteiger partial charge in [0.05, 0.1) is 29.8 Å². The van der Waals surface area contributed by atoms with E-state index in [0.29, 0.717) is 12.8 Å². The quantitative estimate of drug-likeness (QED) is 0.0732. The zero-order valence-electron chi connectivity index (χ0n) is 33.1. The lowest BCUT2D eigenvalue weighted by atomic mass is 9.98. The number of fused-ring (bicyclic) bond motifs is 1. The fourth-order valence-electron chi connectivity index (χ4n) is 8.41. The van der Waals surface area contributed by atoms with E-state index in [1.165, 1.54) is 70.6 Å². The first kappa shape index (κ1) is 40.9. The number of anilines is 1. The minimum absolute atomic E-state index is 0.00133. The molecule has 6 rings (SSSR count). The van der Waals surface area contributed by atoms with Crippen LogP contribution in [0, 0.1) is 0 Å². The van der Waals surface area contributed by atoms with E-state index < -0.39 is 6.29 Å². The summed E-state index contributed by atoms with van der Waals surface area (Å²) in [5, 5.41) is 12.7. The number of amides is 1. The van der Waals surface area contributed by atoms with Crippen LogP contribution in [0.5, 0.6) is 0 Å². The van der Waals surface area contributed by atoms with Crippen molar-refractivity contribution >= 4 is 22.6 Å². The molecular formula is C46H64N4O5. The summed E-state index contributed by atoms with van der Waals surface area (Å²) in [6.45, 7) is 4.78. The molecule has 9 heteroatoms. The van der Waals surface area contributed by atoms with Crippen molar-refractivity contribution in [2.24, 2.45) is 0 Å². The third kappa shape index (κ3) is 12.1. The number of aromatic amines is 1. The lowest BCUT2D eigenvalue weighted by Gasteiger charge is -2.40. The number of nitrogens with zero attached hydrogens (tertiary/aromatic N) is 2. The van der Waals surface area contributed by atoms with Crippen LogP contribution in [0.4, 0.5) is 5.69 Å². The van der Waals surface area contributed by atoms with Crippen molar-refractivity contribution in [2.75, 3.05) is 25.0 Å². The molecule has 3 atom stereocenters. The van der Waals surface area contributed by atoms with Gasteiger partial charge in [0.2, 0.25) is 5.91 Å². The molecule has 9 nitrogen and oxygen atoms in total. The number of carbonyl (C=O) groups is 1. The molecule has 3 unspecified atom stereocenters. The number of likely N-dealkylation sites (tertiary alicyclic amines) is 1. The van der Waals surface area contributed by atoms with E-state index >= 15 is 0 Å². The maximum atomic E-state index is 12.9. The molecule has 0 radical (unpaired) electrons. The number of aliphatic hydroxyl groups is 1. The third-order valence-corrected chi connectivity index (χ3v) is 11.6.